The molecule has 0 bridgehead atoms. The number of thioether (sulfide) groups is 1. The van der Waals surface area contributed by atoms with E-state index in [0.717, 1.165) is 11.3 Å². The first kappa shape index (κ1) is 24.4. The van der Waals surface area contributed by atoms with Crippen molar-refractivity contribution in [1.82, 2.24) is 10.2 Å². The minimum Gasteiger partial charge on any atom is -0.497 e. The number of hydrogen-bond donors (Lipinski definition) is 1. The van der Waals surface area contributed by atoms with E-state index in [0.29, 0.717) is 40.0 Å². The van der Waals surface area contributed by atoms with Crippen LogP contribution in [0.5, 0.6) is 11.5 Å². The molecule has 0 saturated carbocycles. The molecule has 1 atom stereocenters. The van der Waals surface area contributed by atoms with Crippen molar-refractivity contribution in [2.24, 2.45) is 4.99 Å². The molecule has 0 saturated heterocycles. The minimum atomic E-state index is -0.608. The van der Waals surface area contributed by atoms with Crippen LogP contribution in [-0.2, 0) is 20.9 Å². The van der Waals surface area contributed by atoms with Crippen LogP contribution in [0.4, 0.5) is 0 Å². The Balaban J connectivity index is 1.68. The molecule has 1 N–H and O–H groups in total. The standard InChI is InChI=1S/C26H27N3O5S/c1-16-23(25(31)34-4)24(20-13-19(32-2)10-11-21(20)33-3)29-18(15-35-26(29)28-16)12-22(30)27-14-17-8-6-5-7-9-17/h5-11,13,15,24H,12,14H2,1-4H3,(H,27,30). The van der Waals surface area contributed by atoms with E-state index in [1.165, 1.54) is 18.9 Å². The van der Waals surface area contributed by atoms with Gasteiger partial charge in [-0.2, -0.15) is 0 Å². The first-order valence-corrected chi connectivity index (χ1v) is 11.9. The van der Waals surface area contributed by atoms with Crippen molar-refractivity contribution in [2.45, 2.75) is 25.9 Å². The zero-order valence-electron chi connectivity index (χ0n) is 20.0. The second-order valence-electron chi connectivity index (χ2n) is 7.93. The van der Waals surface area contributed by atoms with Gasteiger partial charge in [-0.25, -0.2) is 9.79 Å². The Morgan fingerprint density at radius 3 is 2.54 bits per heavy atom. The van der Waals surface area contributed by atoms with Crippen molar-refractivity contribution in [3.63, 3.8) is 0 Å². The highest BCUT2D eigenvalue weighted by Gasteiger charge is 2.42. The van der Waals surface area contributed by atoms with Gasteiger partial charge in [-0.1, -0.05) is 42.1 Å². The number of rotatable bonds is 8. The fraction of sp³-hybridized carbons (Fsp3) is 0.269. The van der Waals surface area contributed by atoms with Crippen LogP contribution in [0.25, 0.3) is 0 Å². The molecule has 1 unspecified atom stereocenters. The van der Waals surface area contributed by atoms with Crippen LogP contribution >= 0.6 is 11.8 Å². The summed E-state index contributed by atoms with van der Waals surface area (Å²) in [6.45, 7) is 2.21. The summed E-state index contributed by atoms with van der Waals surface area (Å²) in [5.41, 5.74) is 3.37. The molecule has 2 aromatic rings. The lowest BCUT2D eigenvalue weighted by molar-refractivity contribution is -0.136. The van der Waals surface area contributed by atoms with E-state index in [-0.39, 0.29) is 12.3 Å². The molecule has 2 aromatic carbocycles. The van der Waals surface area contributed by atoms with Gasteiger partial charge in [0, 0.05) is 17.8 Å². The number of benzene rings is 2. The number of carbonyl (C=O) groups is 2. The monoisotopic (exact) mass is 493 g/mol. The van der Waals surface area contributed by atoms with E-state index in [4.69, 9.17) is 14.2 Å². The Bertz CT molecular complexity index is 1220. The van der Waals surface area contributed by atoms with Gasteiger partial charge >= 0.3 is 5.97 Å². The molecule has 4 rings (SSSR count). The zero-order chi connectivity index (χ0) is 24.9. The minimum absolute atomic E-state index is 0.120. The summed E-state index contributed by atoms with van der Waals surface area (Å²) in [7, 11) is 4.49. The SMILES string of the molecule is COC(=O)C1=C(C)N=C2SC=C(CC(=O)NCc3ccccc3)N2C1c1cc(OC)ccc1OC. The summed E-state index contributed by atoms with van der Waals surface area (Å²) in [6, 6.07) is 14.5. The number of hydrogen-bond acceptors (Lipinski definition) is 8. The number of nitrogens with one attached hydrogen (secondary N) is 1. The number of amidine groups is 1. The van der Waals surface area contributed by atoms with Crippen molar-refractivity contribution in [1.29, 1.82) is 0 Å². The van der Waals surface area contributed by atoms with Gasteiger partial charge in [-0.3, -0.25) is 4.79 Å². The summed E-state index contributed by atoms with van der Waals surface area (Å²) in [5.74, 6) is 0.565. The first-order valence-electron chi connectivity index (χ1n) is 11.0. The third-order valence-electron chi connectivity index (χ3n) is 5.81. The van der Waals surface area contributed by atoms with E-state index in [1.807, 2.05) is 46.7 Å². The molecule has 182 valence electrons. The van der Waals surface area contributed by atoms with Gasteiger partial charge in [0.05, 0.1) is 45.1 Å². The molecule has 35 heavy (non-hydrogen) atoms. The third kappa shape index (κ3) is 5.05. The molecule has 0 aromatic heterocycles. The van der Waals surface area contributed by atoms with Crippen LogP contribution in [0.2, 0.25) is 0 Å². The number of allylic oxidation sites excluding steroid dienone is 1. The number of fused-ring (bicyclic) bond motifs is 1. The Kier molecular flexibility index (Phi) is 7.45. The Labute approximate surface area is 208 Å². The van der Waals surface area contributed by atoms with E-state index < -0.39 is 12.0 Å². The number of nitrogens with zero attached hydrogens (tertiary/aromatic N) is 2. The number of amides is 1. The Morgan fingerprint density at radius 1 is 1.09 bits per heavy atom. The number of carbonyl (C=O) groups excluding carboxylic acids is 2. The van der Waals surface area contributed by atoms with Gasteiger partial charge in [0.2, 0.25) is 5.91 Å². The van der Waals surface area contributed by atoms with Crippen molar-refractivity contribution < 1.29 is 23.8 Å². The molecular formula is C26H27N3O5S. The molecule has 1 amide bonds. The Morgan fingerprint density at radius 2 is 1.86 bits per heavy atom. The summed E-state index contributed by atoms with van der Waals surface area (Å²) in [4.78, 5) is 32.4. The summed E-state index contributed by atoms with van der Waals surface area (Å²) in [6.07, 6.45) is 0.120. The molecule has 0 aliphatic carbocycles. The fourth-order valence-corrected chi connectivity index (χ4v) is 5.08. The van der Waals surface area contributed by atoms with Crippen molar-refractivity contribution in [2.75, 3.05) is 21.3 Å². The van der Waals surface area contributed by atoms with Crippen molar-refractivity contribution in [3.05, 3.63) is 82.0 Å². The summed E-state index contributed by atoms with van der Waals surface area (Å²) >= 11 is 1.41. The van der Waals surface area contributed by atoms with E-state index in [9.17, 15) is 9.59 Å². The van der Waals surface area contributed by atoms with Gasteiger partial charge in [-0.15, -0.1) is 0 Å². The van der Waals surface area contributed by atoms with E-state index in [2.05, 4.69) is 10.3 Å². The number of aliphatic imine (C=N–C) groups is 1. The van der Waals surface area contributed by atoms with E-state index in [1.54, 1.807) is 33.3 Å². The summed E-state index contributed by atoms with van der Waals surface area (Å²) in [5, 5.41) is 5.54. The molecule has 0 fully saturated rings. The molecule has 9 heteroatoms. The van der Waals surface area contributed by atoms with Crippen LogP contribution in [0, 0.1) is 0 Å². The summed E-state index contributed by atoms with van der Waals surface area (Å²) < 4.78 is 16.2. The maximum atomic E-state index is 12.9. The molecule has 0 radical (unpaired) electrons. The Hall–Kier alpha value is -3.72. The highest BCUT2D eigenvalue weighted by atomic mass is 32.2. The van der Waals surface area contributed by atoms with Crippen LogP contribution < -0.4 is 14.8 Å². The maximum Gasteiger partial charge on any atom is 0.338 e. The lowest BCUT2D eigenvalue weighted by Crippen LogP contribution is -2.38. The van der Waals surface area contributed by atoms with Gasteiger partial charge in [0.15, 0.2) is 5.17 Å². The topological polar surface area (TPSA) is 89.5 Å². The molecule has 0 spiro atoms. The highest BCUT2D eigenvalue weighted by molar-refractivity contribution is 8.16. The van der Waals surface area contributed by atoms with Crippen molar-refractivity contribution >= 4 is 28.8 Å². The predicted molar refractivity (Wildman–Crippen MR) is 135 cm³/mol. The highest BCUT2D eigenvalue weighted by Crippen LogP contribution is 2.47. The normalized spacial score (nSPS) is 16.8. The van der Waals surface area contributed by atoms with E-state index >= 15 is 0 Å². The third-order valence-corrected chi connectivity index (χ3v) is 6.70. The first-order chi connectivity index (χ1) is 17.0. The maximum absolute atomic E-state index is 12.9. The van der Waals surface area contributed by atoms with Gasteiger partial charge in [0.25, 0.3) is 0 Å². The average Bonchev–Trinajstić information content (AvgIpc) is 3.28. The quantitative estimate of drug-likeness (QED) is 0.553. The zero-order valence-corrected chi connectivity index (χ0v) is 20.8. The smallest absolute Gasteiger partial charge is 0.338 e. The van der Waals surface area contributed by atoms with Crippen LogP contribution in [0.15, 0.2) is 75.9 Å². The number of ether oxygens (including phenoxy) is 3. The van der Waals surface area contributed by atoms with Gasteiger partial charge in [0.1, 0.15) is 11.5 Å². The average molecular weight is 494 g/mol. The van der Waals surface area contributed by atoms with Crippen LogP contribution in [0.3, 0.4) is 0 Å². The number of esters is 1. The number of methoxy groups -OCH3 is 3. The van der Waals surface area contributed by atoms with Crippen molar-refractivity contribution in [3.8, 4) is 11.5 Å². The van der Waals surface area contributed by atoms with Gasteiger partial charge < -0.3 is 24.4 Å². The second kappa shape index (κ2) is 10.7. The molecule has 2 aliphatic rings. The predicted octanol–water partition coefficient (Wildman–Crippen LogP) is 4.16. The second-order valence-corrected chi connectivity index (χ2v) is 8.77. The molecule has 8 nitrogen and oxygen atoms in total. The lowest BCUT2D eigenvalue weighted by atomic mass is 9.93. The van der Waals surface area contributed by atoms with Crippen LogP contribution in [-0.4, -0.2) is 43.3 Å². The lowest BCUT2D eigenvalue weighted by Gasteiger charge is -2.36. The largest absolute Gasteiger partial charge is 0.497 e. The molecule has 2 aliphatic heterocycles. The fourth-order valence-electron chi connectivity index (χ4n) is 4.11. The molecule has 2 heterocycles. The van der Waals surface area contributed by atoms with Gasteiger partial charge in [-0.05, 0) is 36.1 Å². The molecular weight excluding hydrogens is 466 g/mol. The van der Waals surface area contributed by atoms with Crippen LogP contribution in [0.1, 0.15) is 30.5 Å².